The summed E-state index contributed by atoms with van der Waals surface area (Å²) in [6.07, 6.45) is 4.00. The molecule has 0 saturated heterocycles. The molecule has 0 aliphatic rings. The summed E-state index contributed by atoms with van der Waals surface area (Å²) in [5, 5.41) is 0. The Hall–Kier alpha value is -0.530. The first-order valence-corrected chi connectivity index (χ1v) is 6.70. The molecule has 2 heteroatoms. The number of benzene rings is 1. The molecule has 0 saturated carbocycles. The maximum Gasteiger partial charge on any atom is 0.132 e. The second-order valence-electron chi connectivity index (χ2n) is 4.54. The molecule has 0 bridgehead atoms. The Kier molecular flexibility index (Phi) is 8.28. The van der Waals surface area contributed by atoms with E-state index in [1.807, 2.05) is 0 Å². The van der Waals surface area contributed by atoms with Gasteiger partial charge in [0.25, 0.3) is 0 Å². The van der Waals surface area contributed by atoms with Gasteiger partial charge in [-0.1, -0.05) is 31.5 Å². The third-order valence-corrected chi connectivity index (χ3v) is 3.70. The Balaban J connectivity index is 0.00000256. The molecule has 0 radical (unpaired) electrons. The van der Waals surface area contributed by atoms with E-state index in [2.05, 4.69) is 51.1 Å². The summed E-state index contributed by atoms with van der Waals surface area (Å²) < 4.78 is 1.14. The van der Waals surface area contributed by atoms with Crippen LogP contribution in [0.15, 0.2) is 30.3 Å². The summed E-state index contributed by atoms with van der Waals surface area (Å²) in [7, 11) is 0. The van der Waals surface area contributed by atoms with Crippen molar-refractivity contribution in [2.75, 3.05) is 19.6 Å². The molecular formula is C15H26ClN. The lowest BCUT2D eigenvalue weighted by molar-refractivity contribution is -0.00000351. The molecule has 0 unspecified atom stereocenters. The number of hydrogen-bond donors (Lipinski definition) is 0. The molecule has 1 rings (SSSR count). The van der Waals surface area contributed by atoms with Crippen LogP contribution >= 0.6 is 0 Å². The first-order chi connectivity index (χ1) is 7.79. The SMILES string of the molecule is CCCCC[N+](CC)(CC)c1ccccc1.[Cl-]. The van der Waals surface area contributed by atoms with Crippen LogP contribution in [-0.2, 0) is 0 Å². The van der Waals surface area contributed by atoms with Gasteiger partial charge in [0, 0.05) is 0 Å². The van der Waals surface area contributed by atoms with E-state index in [4.69, 9.17) is 0 Å². The van der Waals surface area contributed by atoms with E-state index in [0.29, 0.717) is 0 Å². The molecule has 0 spiro atoms. The fraction of sp³-hybridized carbons (Fsp3) is 0.600. The van der Waals surface area contributed by atoms with Crippen LogP contribution in [0.3, 0.4) is 0 Å². The van der Waals surface area contributed by atoms with Crippen molar-refractivity contribution in [3.05, 3.63) is 30.3 Å². The molecule has 98 valence electrons. The zero-order valence-corrected chi connectivity index (χ0v) is 12.2. The fourth-order valence-electron chi connectivity index (χ4n) is 2.44. The Bertz CT molecular complexity index is 280. The first-order valence-electron chi connectivity index (χ1n) is 6.70. The number of para-hydroxylation sites is 1. The van der Waals surface area contributed by atoms with Crippen molar-refractivity contribution in [3.8, 4) is 0 Å². The molecule has 1 nitrogen and oxygen atoms in total. The van der Waals surface area contributed by atoms with E-state index in [9.17, 15) is 0 Å². The predicted octanol–water partition coefficient (Wildman–Crippen LogP) is 1.23. The van der Waals surface area contributed by atoms with Crippen LogP contribution in [0.25, 0.3) is 0 Å². The van der Waals surface area contributed by atoms with E-state index in [-0.39, 0.29) is 12.4 Å². The topological polar surface area (TPSA) is 0 Å². The second-order valence-corrected chi connectivity index (χ2v) is 4.54. The summed E-state index contributed by atoms with van der Waals surface area (Å²) in [6.45, 7) is 10.6. The molecule has 0 fully saturated rings. The van der Waals surface area contributed by atoms with E-state index in [0.717, 1.165) is 4.48 Å². The van der Waals surface area contributed by atoms with Gasteiger partial charge in [-0.3, -0.25) is 4.48 Å². The minimum absolute atomic E-state index is 0. The number of halogens is 1. The number of unbranched alkanes of at least 4 members (excludes halogenated alkanes) is 2. The fourth-order valence-corrected chi connectivity index (χ4v) is 2.44. The van der Waals surface area contributed by atoms with Crippen molar-refractivity contribution in [3.63, 3.8) is 0 Å². The Morgan fingerprint density at radius 3 is 1.94 bits per heavy atom. The zero-order valence-electron chi connectivity index (χ0n) is 11.5. The average Bonchev–Trinajstić information content (AvgIpc) is 2.36. The summed E-state index contributed by atoms with van der Waals surface area (Å²) in [6, 6.07) is 11.0. The molecule has 0 amide bonds. The molecule has 0 aliphatic heterocycles. The van der Waals surface area contributed by atoms with Crippen LogP contribution in [-0.4, -0.2) is 19.6 Å². The molecule has 1 aromatic carbocycles. The molecule has 0 aromatic heterocycles. The zero-order chi connectivity index (χ0) is 11.9. The van der Waals surface area contributed by atoms with Crippen molar-refractivity contribution < 1.29 is 12.4 Å². The van der Waals surface area contributed by atoms with Gasteiger partial charge in [-0.15, -0.1) is 0 Å². The molecular weight excluding hydrogens is 230 g/mol. The lowest BCUT2D eigenvalue weighted by Gasteiger charge is -2.36. The number of hydrogen-bond acceptors (Lipinski definition) is 0. The number of quaternary nitrogens is 1. The highest BCUT2D eigenvalue weighted by atomic mass is 35.5. The van der Waals surface area contributed by atoms with E-state index >= 15 is 0 Å². The van der Waals surface area contributed by atoms with Gasteiger partial charge in [0.05, 0.1) is 19.6 Å². The van der Waals surface area contributed by atoms with Gasteiger partial charge in [-0.2, -0.15) is 0 Å². The van der Waals surface area contributed by atoms with Gasteiger partial charge in [0.1, 0.15) is 5.69 Å². The van der Waals surface area contributed by atoms with Gasteiger partial charge in [0.15, 0.2) is 0 Å². The van der Waals surface area contributed by atoms with Crippen LogP contribution in [0.2, 0.25) is 0 Å². The van der Waals surface area contributed by atoms with Crippen molar-refractivity contribution in [2.45, 2.75) is 40.0 Å². The maximum atomic E-state index is 2.31. The third-order valence-electron chi connectivity index (χ3n) is 3.70. The lowest BCUT2D eigenvalue weighted by Crippen LogP contribution is -3.00. The first kappa shape index (κ1) is 16.5. The van der Waals surface area contributed by atoms with Crippen molar-refractivity contribution in [1.82, 2.24) is 4.48 Å². The highest BCUT2D eigenvalue weighted by molar-refractivity contribution is 5.42. The summed E-state index contributed by atoms with van der Waals surface area (Å²) in [4.78, 5) is 0. The van der Waals surface area contributed by atoms with Crippen LogP contribution in [0.5, 0.6) is 0 Å². The Morgan fingerprint density at radius 1 is 0.882 bits per heavy atom. The maximum absolute atomic E-state index is 2.31. The molecule has 0 N–H and O–H groups in total. The van der Waals surface area contributed by atoms with Gasteiger partial charge < -0.3 is 12.4 Å². The summed E-state index contributed by atoms with van der Waals surface area (Å²) in [5.74, 6) is 0. The van der Waals surface area contributed by atoms with E-state index < -0.39 is 0 Å². The number of rotatable bonds is 7. The minimum Gasteiger partial charge on any atom is -1.00 e. The van der Waals surface area contributed by atoms with E-state index in [1.54, 1.807) is 0 Å². The largest absolute Gasteiger partial charge is 1.00 e. The monoisotopic (exact) mass is 255 g/mol. The van der Waals surface area contributed by atoms with Gasteiger partial charge in [-0.25, -0.2) is 0 Å². The molecule has 0 heterocycles. The highest BCUT2D eigenvalue weighted by Gasteiger charge is 2.25. The predicted molar refractivity (Wildman–Crippen MR) is 73.7 cm³/mol. The molecule has 1 aromatic rings. The minimum atomic E-state index is 0. The van der Waals surface area contributed by atoms with Gasteiger partial charge >= 0.3 is 0 Å². The van der Waals surface area contributed by atoms with Crippen molar-refractivity contribution >= 4 is 5.69 Å². The van der Waals surface area contributed by atoms with Crippen LogP contribution in [0, 0.1) is 0 Å². The third kappa shape index (κ3) is 4.33. The highest BCUT2D eigenvalue weighted by Crippen LogP contribution is 2.23. The van der Waals surface area contributed by atoms with E-state index in [1.165, 1.54) is 44.6 Å². The summed E-state index contributed by atoms with van der Waals surface area (Å²) >= 11 is 0. The van der Waals surface area contributed by atoms with Crippen LogP contribution in [0.4, 0.5) is 5.69 Å². The Labute approximate surface area is 113 Å². The average molecular weight is 256 g/mol. The molecule has 0 atom stereocenters. The second kappa shape index (κ2) is 8.54. The van der Waals surface area contributed by atoms with Crippen LogP contribution in [0.1, 0.15) is 40.0 Å². The quantitative estimate of drug-likeness (QED) is 0.508. The summed E-state index contributed by atoms with van der Waals surface area (Å²) in [5.41, 5.74) is 1.48. The number of nitrogens with zero attached hydrogens (tertiary/aromatic N) is 1. The van der Waals surface area contributed by atoms with Gasteiger partial charge in [0.2, 0.25) is 0 Å². The molecule has 0 aliphatic carbocycles. The molecule has 17 heavy (non-hydrogen) atoms. The van der Waals surface area contributed by atoms with Crippen molar-refractivity contribution in [1.29, 1.82) is 0 Å². The lowest BCUT2D eigenvalue weighted by atomic mass is 10.1. The smallest absolute Gasteiger partial charge is 0.132 e. The Morgan fingerprint density at radius 2 is 1.47 bits per heavy atom. The van der Waals surface area contributed by atoms with Crippen LogP contribution < -0.4 is 16.9 Å². The van der Waals surface area contributed by atoms with Gasteiger partial charge in [-0.05, 0) is 38.8 Å². The standard InChI is InChI=1S/C15H26N.ClH/c1-4-7-11-14-16(5-2,6-3)15-12-9-8-10-13-15;/h8-10,12-13H,4-7,11,14H2,1-3H3;1H/q+1;/p-1. The van der Waals surface area contributed by atoms with Crippen molar-refractivity contribution in [2.24, 2.45) is 0 Å². The normalized spacial score (nSPS) is 11.0.